The molecule has 0 spiro atoms. The number of likely N-dealkylation sites (tertiary alicyclic amines) is 1. The number of aliphatic hydroxyl groups excluding tert-OH is 1. The molecule has 0 aromatic rings. The molecule has 3 rings (SSSR count). The zero-order chi connectivity index (χ0) is 15.0. The van der Waals surface area contributed by atoms with Gasteiger partial charge in [-0.3, -0.25) is 4.79 Å². The van der Waals surface area contributed by atoms with Gasteiger partial charge in [0.25, 0.3) is 0 Å². The van der Waals surface area contributed by atoms with Crippen molar-refractivity contribution in [3.8, 4) is 6.07 Å². The van der Waals surface area contributed by atoms with E-state index >= 15 is 0 Å². The fourth-order valence-corrected chi connectivity index (χ4v) is 4.66. The van der Waals surface area contributed by atoms with Gasteiger partial charge in [0.15, 0.2) is 0 Å². The Hall–Kier alpha value is -1.12. The summed E-state index contributed by atoms with van der Waals surface area (Å²) in [6, 6.07) is 1.99. The predicted octanol–water partition coefficient (Wildman–Crippen LogP) is 1.03. The van der Waals surface area contributed by atoms with Crippen molar-refractivity contribution in [3.63, 3.8) is 0 Å². The van der Waals surface area contributed by atoms with Crippen molar-refractivity contribution >= 4 is 5.91 Å². The summed E-state index contributed by atoms with van der Waals surface area (Å²) in [7, 11) is 0. The van der Waals surface area contributed by atoms with Crippen LogP contribution >= 0.6 is 0 Å². The number of hydrogen-bond acceptors (Lipinski definition) is 4. The third-order valence-electron chi connectivity index (χ3n) is 5.63. The summed E-state index contributed by atoms with van der Waals surface area (Å²) in [5, 5.41) is 22.2. The highest BCUT2D eigenvalue weighted by Crippen LogP contribution is 2.48. The molecular weight excluding hydrogens is 266 g/mol. The molecule has 116 valence electrons. The van der Waals surface area contributed by atoms with Crippen molar-refractivity contribution in [1.82, 2.24) is 10.2 Å². The van der Waals surface area contributed by atoms with E-state index in [4.69, 9.17) is 5.26 Å². The summed E-state index contributed by atoms with van der Waals surface area (Å²) in [5.41, 5.74) is 0.00694. The van der Waals surface area contributed by atoms with Gasteiger partial charge in [-0.25, -0.2) is 0 Å². The van der Waals surface area contributed by atoms with Crippen molar-refractivity contribution in [1.29, 1.82) is 5.26 Å². The number of nitrogens with one attached hydrogen (secondary N) is 1. The van der Waals surface area contributed by atoms with E-state index in [-0.39, 0.29) is 23.6 Å². The molecule has 21 heavy (non-hydrogen) atoms. The van der Waals surface area contributed by atoms with Crippen LogP contribution in [-0.4, -0.2) is 46.7 Å². The van der Waals surface area contributed by atoms with E-state index in [2.05, 4.69) is 18.3 Å². The van der Waals surface area contributed by atoms with Gasteiger partial charge in [0.1, 0.15) is 6.04 Å². The van der Waals surface area contributed by atoms with E-state index in [9.17, 15) is 9.90 Å². The molecule has 1 saturated heterocycles. The number of carbonyl (C=O) groups is 1. The van der Waals surface area contributed by atoms with Gasteiger partial charge in [0.05, 0.1) is 18.7 Å². The molecular formula is C16H25N3O2. The van der Waals surface area contributed by atoms with Gasteiger partial charge in [0.2, 0.25) is 5.91 Å². The maximum absolute atomic E-state index is 12.3. The lowest BCUT2D eigenvalue weighted by atomic mass is 9.96. The molecule has 3 fully saturated rings. The third-order valence-corrected chi connectivity index (χ3v) is 5.63. The maximum Gasteiger partial charge on any atom is 0.237 e. The van der Waals surface area contributed by atoms with Crippen LogP contribution in [0.1, 0.15) is 45.4 Å². The lowest BCUT2D eigenvalue weighted by Crippen LogP contribution is -2.48. The second kappa shape index (κ2) is 5.58. The Labute approximate surface area is 126 Å². The molecule has 1 aliphatic heterocycles. The van der Waals surface area contributed by atoms with Crippen molar-refractivity contribution in [2.24, 2.45) is 11.8 Å². The summed E-state index contributed by atoms with van der Waals surface area (Å²) >= 11 is 0. The molecule has 1 heterocycles. The lowest BCUT2D eigenvalue weighted by molar-refractivity contribution is -0.130. The van der Waals surface area contributed by atoms with Gasteiger partial charge in [-0.1, -0.05) is 0 Å². The number of rotatable bonds is 3. The van der Waals surface area contributed by atoms with Gasteiger partial charge >= 0.3 is 0 Å². The first-order valence-electron chi connectivity index (χ1n) is 8.13. The van der Waals surface area contributed by atoms with Crippen LogP contribution in [0.2, 0.25) is 0 Å². The largest absolute Gasteiger partial charge is 0.393 e. The Bertz CT molecular complexity index is 445. The molecule has 5 nitrogen and oxygen atoms in total. The van der Waals surface area contributed by atoms with E-state index < -0.39 is 0 Å². The van der Waals surface area contributed by atoms with Crippen molar-refractivity contribution in [2.45, 2.75) is 63.1 Å². The second-order valence-electron chi connectivity index (χ2n) is 7.34. The van der Waals surface area contributed by atoms with Crippen LogP contribution in [0, 0.1) is 23.2 Å². The predicted molar refractivity (Wildman–Crippen MR) is 78.2 cm³/mol. The zero-order valence-electron chi connectivity index (χ0n) is 12.7. The minimum absolute atomic E-state index is 0.00694. The first kappa shape index (κ1) is 14.8. The Kier molecular flexibility index (Phi) is 3.94. The number of carbonyl (C=O) groups excluding carboxylic acids is 1. The normalized spacial score (nSPS) is 42.0. The average Bonchev–Trinajstić information content (AvgIpc) is 3.09. The highest BCUT2D eigenvalue weighted by Gasteiger charge is 2.46. The van der Waals surface area contributed by atoms with Gasteiger partial charge in [0, 0.05) is 12.1 Å². The van der Waals surface area contributed by atoms with Crippen LogP contribution in [0.5, 0.6) is 0 Å². The lowest BCUT2D eigenvalue weighted by Gasteiger charge is -2.29. The molecule has 0 radical (unpaired) electrons. The monoisotopic (exact) mass is 291 g/mol. The summed E-state index contributed by atoms with van der Waals surface area (Å²) in [5.74, 6) is 1.26. The summed E-state index contributed by atoms with van der Waals surface area (Å²) < 4.78 is 0. The van der Waals surface area contributed by atoms with Crippen molar-refractivity contribution < 1.29 is 9.90 Å². The van der Waals surface area contributed by atoms with Crippen LogP contribution in [0.25, 0.3) is 0 Å². The topological polar surface area (TPSA) is 76.4 Å². The number of nitrogens with zero attached hydrogens (tertiary/aromatic N) is 2. The number of amides is 1. The Morgan fingerprint density at radius 3 is 2.71 bits per heavy atom. The summed E-state index contributed by atoms with van der Waals surface area (Å²) in [4.78, 5) is 14.0. The fourth-order valence-electron chi connectivity index (χ4n) is 4.66. The van der Waals surface area contributed by atoms with E-state index in [1.54, 1.807) is 4.90 Å². The molecule has 2 saturated carbocycles. The van der Waals surface area contributed by atoms with E-state index in [0.717, 1.165) is 38.5 Å². The SMILES string of the molecule is CC1(NCC(=O)N2CCC[C@H]2C#N)C[C@H]2C[C@H](O)C[C@H]2C1. The minimum Gasteiger partial charge on any atom is -0.393 e. The van der Waals surface area contributed by atoms with Gasteiger partial charge in [-0.05, 0) is 57.3 Å². The van der Waals surface area contributed by atoms with Crippen molar-refractivity contribution in [3.05, 3.63) is 0 Å². The molecule has 0 bridgehead atoms. The molecule has 2 aliphatic carbocycles. The average molecular weight is 291 g/mol. The number of hydrogen-bond donors (Lipinski definition) is 2. The highest BCUT2D eigenvalue weighted by atomic mass is 16.3. The van der Waals surface area contributed by atoms with Crippen LogP contribution in [0.3, 0.4) is 0 Å². The molecule has 1 amide bonds. The number of fused-ring (bicyclic) bond motifs is 1. The molecule has 5 heteroatoms. The molecule has 0 aromatic carbocycles. The Morgan fingerprint density at radius 2 is 2.10 bits per heavy atom. The smallest absolute Gasteiger partial charge is 0.237 e. The molecule has 0 aromatic heterocycles. The number of nitriles is 1. The minimum atomic E-state index is -0.231. The van der Waals surface area contributed by atoms with Gasteiger partial charge < -0.3 is 15.3 Å². The van der Waals surface area contributed by atoms with Crippen molar-refractivity contribution in [2.75, 3.05) is 13.1 Å². The van der Waals surface area contributed by atoms with E-state index in [0.29, 0.717) is 24.9 Å². The fraction of sp³-hybridized carbons (Fsp3) is 0.875. The Morgan fingerprint density at radius 1 is 1.43 bits per heavy atom. The molecule has 5 atom stereocenters. The molecule has 2 N–H and O–H groups in total. The number of aliphatic hydroxyl groups is 1. The quantitative estimate of drug-likeness (QED) is 0.814. The first-order valence-corrected chi connectivity index (χ1v) is 8.13. The summed E-state index contributed by atoms with van der Waals surface area (Å²) in [6.07, 6.45) is 5.54. The highest BCUT2D eigenvalue weighted by molar-refractivity contribution is 5.79. The first-order chi connectivity index (χ1) is 10.0. The Balaban J connectivity index is 1.51. The van der Waals surface area contributed by atoms with Crippen LogP contribution in [0.4, 0.5) is 0 Å². The zero-order valence-corrected chi connectivity index (χ0v) is 12.7. The van der Waals surface area contributed by atoms with E-state index in [1.807, 2.05) is 0 Å². The van der Waals surface area contributed by atoms with Gasteiger partial charge in [-0.2, -0.15) is 5.26 Å². The van der Waals surface area contributed by atoms with Crippen LogP contribution < -0.4 is 5.32 Å². The van der Waals surface area contributed by atoms with Gasteiger partial charge in [-0.15, -0.1) is 0 Å². The molecule has 3 aliphatic rings. The third kappa shape index (κ3) is 2.93. The second-order valence-corrected chi connectivity index (χ2v) is 7.34. The van der Waals surface area contributed by atoms with Crippen LogP contribution in [-0.2, 0) is 4.79 Å². The van der Waals surface area contributed by atoms with E-state index in [1.165, 1.54) is 0 Å². The maximum atomic E-state index is 12.3. The standard InChI is InChI=1S/C16H25N3O2/c1-16(7-11-5-14(20)6-12(11)8-16)18-10-15(21)19-4-2-3-13(19)9-17/h11-14,18,20H,2-8,10H2,1H3/t11-,12+,13-,14+,16?/m0/s1. The molecule has 1 unspecified atom stereocenters. The van der Waals surface area contributed by atoms with Crippen LogP contribution in [0.15, 0.2) is 0 Å². The summed E-state index contributed by atoms with van der Waals surface area (Å²) in [6.45, 7) is 3.24.